The number of fused-ring (bicyclic) bond motifs is 6. The third-order valence-corrected chi connectivity index (χ3v) is 13.7. The average molecular weight is 927 g/mol. The van der Waals surface area contributed by atoms with Crippen LogP contribution in [0, 0.1) is 0 Å². The maximum atomic E-state index is 14.3. The highest BCUT2D eigenvalue weighted by Gasteiger charge is 2.47. The molecule has 3 N–H and O–H groups in total. The number of rotatable bonds is 20. The Morgan fingerprint density at radius 1 is 0.776 bits per heavy atom. The van der Waals surface area contributed by atoms with Crippen molar-refractivity contribution in [3.63, 3.8) is 0 Å². The summed E-state index contributed by atoms with van der Waals surface area (Å²) in [6, 6.07) is 2.89. The van der Waals surface area contributed by atoms with Crippen LogP contribution in [-0.4, -0.2) is 92.9 Å². The highest BCUT2D eigenvalue weighted by molar-refractivity contribution is 6.01. The molecule has 0 fully saturated rings. The van der Waals surface area contributed by atoms with E-state index in [9.17, 15) is 34.5 Å². The van der Waals surface area contributed by atoms with Crippen LogP contribution in [0.25, 0.3) is 0 Å². The summed E-state index contributed by atoms with van der Waals surface area (Å²) in [5.41, 5.74) is 5.63. The number of methoxy groups -OCH3 is 1. The number of allylic oxidation sites excluding steroid dienone is 8. The van der Waals surface area contributed by atoms with Crippen LogP contribution in [0.5, 0.6) is 23.0 Å². The Kier molecular flexibility index (Phi) is 16.4. The minimum Gasteiger partial charge on any atom is -0.508 e. The van der Waals surface area contributed by atoms with E-state index < -0.39 is 41.7 Å². The second-order valence-electron chi connectivity index (χ2n) is 19.6. The zero-order valence-corrected chi connectivity index (χ0v) is 40.8. The number of aliphatic hydroxyl groups is 2. The van der Waals surface area contributed by atoms with Gasteiger partial charge in [0.1, 0.15) is 34.2 Å². The van der Waals surface area contributed by atoms with Crippen molar-refractivity contribution in [2.24, 2.45) is 0 Å². The van der Waals surface area contributed by atoms with E-state index in [-0.39, 0.29) is 68.3 Å². The van der Waals surface area contributed by atoms with Crippen molar-refractivity contribution in [2.45, 2.75) is 175 Å². The van der Waals surface area contributed by atoms with Crippen LogP contribution >= 0.6 is 0 Å². The Bertz CT molecular complexity index is 2340. The first-order chi connectivity index (χ1) is 31.8. The molecule has 0 saturated carbocycles. The van der Waals surface area contributed by atoms with Gasteiger partial charge in [-0.3, -0.25) is 19.3 Å². The molecule has 2 aromatic carbocycles. The van der Waals surface area contributed by atoms with Crippen LogP contribution in [0.2, 0.25) is 0 Å². The third kappa shape index (κ3) is 11.6. The molecule has 67 heavy (non-hydrogen) atoms. The zero-order chi connectivity index (χ0) is 48.8. The smallest absolute Gasteiger partial charge is 0.508 e. The number of aromatic hydroxyl groups is 1. The average Bonchev–Trinajstić information content (AvgIpc) is 3.76. The predicted molar refractivity (Wildman–Crippen MR) is 253 cm³/mol. The second-order valence-corrected chi connectivity index (χ2v) is 19.6. The van der Waals surface area contributed by atoms with Crippen LogP contribution in [0.4, 0.5) is 4.79 Å². The normalized spacial score (nSPS) is 22.4. The summed E-state index contributed by atoms with van der Waals surface area (Å²) in [6.07, 6.45) is 11.8. The van der Waals surface area contributed by atoms with Crippen molar-refractivity contribution in [3.8, 4) is 23.0 Å². The summed E-state index contributed by atoms with van der Waals surface area (Å²) in [6.45, 7) is 17.0. The molecule has 0 aromatic heterocycles. The van der Waals surface area contributed by atoms with Gasteiger partial charge in [0.25, 0.3) is 18.3 Å². The molecule has 0 aliphatic carbocycles. The number of benzene rings is 2. The molecule has 0 unspecified atom stereocenters. The van der Waals surface area contributed by atoms with Gasteiger partial charge < -0.3 is 43.9 Å². The molecule has 6 rings (SSSR count). The van der Waals surface area contributed by atoms with Gasteiger partial charge in [-0.1, -0.05) is 46.6 Å². The molecule has 14 nitrogen and oxygen atoms in total. The molecule has 0 bridgehead atoms. The first-order valence-electron chi connectivity index (χ1n) is 23.6. The topological polar surface area (TPSA) is 182 Å². The summed E-state index contributed by atoms with van der Waals surface area (Å²) in [4.78, 5) is 55.5. The first kappa shape index (κ1) is 50.8. The Morgan fingerprint density at radius 2 is 1.31 bits per heavy atom. The fourth-order valence-electron chi connectivity index (χ4n) is 9.52. The van der Waals surface area contributed by atoms with E-state index in [1.165, 1.54) is 46.4 Å². The lowest BCUT2D eigenvalue weighted by molar-refractivity contribution is -0.141. The van der Waals surface area contributed by atoms with E-state index in [1.807, 2.05) is 13.8 Å². The second kappa shape index (κ2) is 21.6. The molecule has 14 heteroatoms. The fourth-order valence-corrected chi connectivity index (χ4v) is 9.52. The van der Waals surface area contributed by atoms with Crippen molar-refractivity contribution in [3.05, 3.63) is 92.1 Å². The van der Waals surface area contributed by atoms with Gasteiger partial charge in [0.05, 0.1) is 43.5 Å². The van der Waals surface area contributed by atoms with E-state index in [1.54, 1.807) is 4.90 Å². The van der Waals surface area contributed by atoms with Crippen molar-refractivity contribution in [1.29, 1.82) is 0 Å². The molecule has 0 radical (unpaired) electrons. The molecular formula is C53H70N2O12. The molecule has 0 spiro atoms. The largest absolute Gasteiger partial charge is 0.513 e. The van der Waals surface area contributed by atoms with E-state index in [0.29, 0.717) is 71.4 Å². The maximum absolute atomic E-state index is 14.3. The van der Waals surface area contributed by atoms with E-state index in [0.717, 1.165) is 25.7 Å². The Hall–Kier alpha value is -5.60. The number of amides is 2. The summed E-state index contributed by atoms with van der Waals surface area (Å²) >= 11 is 0. The Labute approximate surface area is 395 Å². The highest BCUT2D eigenvalue weighted by atomic mass is 16.7. The summed E-state index contributed by atoms with van der Waals surface area (Å²) < 4.78 is 29.1. The third-order valence-electron chi connectivity index (χ3n) is 13.7. The number of ether oxygens (including phenoxy) is 5. The number of hydrogen-bond acceptors (Lipinski definition) is 12. The van der Waals surface area contributed by atoms with Crippen LogP contribution in [0.1, 0.15) is 163 Å². The van der Waals surface area contributed by atoms with Crippen LogP contribution in [-0.2, 0) is 40.2 Å². The van der Waals surface area contributed by atoms with Crippen molar-refractivity contribution >= 4 is 24.4 Å². The lowest BCUT2D eigenvalue weighted by Gasteiger charge is -2.41. The van der Waals surface area contributed by atoms with Gasteiger partial charge in [-0.25, -0.2) is 4.79 Å². The minimum atomic E-state index is -1.04. The number of hydrogen-bond donors (Lipinski definition) is 3. The van der Waals surface area contributed by atoms with Gasteiger partial charge in [0.15, 0.2) is 6.23 Å². The van der Waals surface area contributed by atoms with E-state index in [4.69, 9.17) is 23.7 Å². The van der Waals surface area contributed by atoms with Gasteiger partial charge in [-0.2, -0.15) is 0 Å². The van der Waals surface area contributed by atoms with Gasteiger partial charge in [-0.15, -0.1) is 0 Å². The van der Waals surface area contributed by atoms with Crippen LogP contribution in [0.3, 0.4) is 0 Å². The summed E-state index contributed by atoms with van der Waals surface area (Å²) in [7, 11) is 1.17. The molecule has 4 aliphatic rings. The molecular weight excluding hydrogens is 857 g/mol. The molecule has 5 atom stereocenters. The highest BCUT2D eigenvalue weighted by Crippen LogP contribution is 2.49. The fraction of sp³-hybridized carbons (Fsp3) is 0.547. The van der Waals surface area contributed by atoms with Gasteiger partial charge in [-0.05, 0) is 125 Å². The summed E-state index contributed by atoms with van der Waals surface area (Å²) in [5.74, 6) is -0.0969. The molecule has 364 valence electrons. The van der Waals surface area contributed by atoms with Crippen LogP contribution in [0.15, 0.2) is 58.7 Å². The zero-order valence-electron chi connectivity index (χ0n) is 40.8. The molecule has 4 heterocycles. The van der Waals surface area contributed by atoms with Gasteiger partial charge in [0.2, 0.25) is 0 Å². The van der Waals surface area contributed by atoms with Gasteiger partial charge >= 0.3 is 6.16 Å². The lowest BCUT2D eigenvalue weighted by atomic mass is 9.84. The number of aliphatic hydroxyl groups excluding tert-OH is 2. The first-order valence-corrected chi connectivity index (χ1v) is 23.6. The number of carbonyl (C=O) groups is 4. The number of phenols is 1. The number of carbonyl (C=O) groups excluding carboxylic acids is 4. The number of nitrogens with zero attached hydrogens (tertiary/aromatic N) is 2. The Balaban J connectivity index is 1.15. The quantitative estimate of drug-likeness (QED) is 0.0496. The number of phenolic OH excluding ortho intramolecular Hbond substituents is 1. The Morgan fingerprint density at radius 3 is 1.87 bits per heavy atom. The van der Waals surface area contributed by atoms with Gasteiger partial charge in [0, 0.05) is 48.1 Å². The molecule has 2 amide bonds. The van der Waals surface area contributed by atoms with Crippen molar-refractivity contribution in [1.82, 2.24) is 9.80 Å². The SMILES string of the molecule is COC(=O)Oc1cc2c(c3c1C[C@H](O)[C@@](C)(CC/C=C(\C)CCC=C(C)C)O3)CN([C@@H](CCCN1Cc3c(cc(O)c4c3O[C@](C)(CC/C=C(\C)CCC=C(C)C)[C@@H](O)C4)C1=O)OC=O)C2=O. The van der Waals surface area contributed by atoms with E-state index >= 15 is 0 Å². The van der Waals surface area contributed by atoms with Crippen molar-refractivity contribution in [2.75, 3.05) is 13.7 Å². The molecule has 0 saturated heterocycles. The summed E-state index contributed by atoms with van der Waals surface area (Å²) in [5, 5.41) is 33.9. The molecule has 2 aromatic rings. The van der Waals surface area contributed by atoms with E-state index in [2.05, 4.69) is 65.8 Å². The molecule has 4 aliphatic heterocycles. The maximum Gasteiger partial charge on any atom is 0.513 e. The van der Waals surface area contributed by atoms with Crippen molar-refractivity contribution < 1.29 is 58.2 Å². The minimum absolute atomic E-state index is 0.00970. The predicted octanol–water partition coefficient (Wildman–Crippen LogP) is 9.48. The monoisotopic (exact) mass is 926 g/mol. The standard InChI is InChI=1S/C53H70N2O12/c1-32(2)15-10-17-34(5)19-12-22-52(7)44(58)27-38-42(57)25-36-40(47(38)66-52)29-54(49(36)60)24-14-21-46(64-31-56)55-30-41-37(50(55)61)26-43(65-51(62)63-9)39-28-45(59)53(8,67-48(39)41)23-13-20-35(6)18-11-16-33(3)4/h15-16,19-20,25-26,31,44-46,57-59H,10-14,17-18,21-24,27-30H2,1-9H3/b34-19+,35-20+/t44-,45-,46+,52+,53+/m0/s1. The lowest BCUT2D eigenvalue weighted by Crippen LogP contribution is -2.49. The van der Waals surface area contributed by atoms with Crippen LogP contribution < -0.4 is 14.2 Å².